The molecule has 162 valence electrons. The molecule has 2 heterocycles. The van der Waals surface area contributed by atoms with Crippen molar-refractivity contribution in [3.63, 3.8) is 0 Å². The van der Waals surface area contributed by atoms with E-state index in [-0.39, 0.29) is 17.0 Å². The Morgan fingerprint density at radius 3 is 2.48 bits per heavy atom. The molecule has 1 aliphatic carbocycles. The molecule has 7 nitrogen and oxygen atoms in total. The molecule has 1 aliphatic rings. The van der Waals surface area contributed by atoms with Crippen molar-refractivity contribution in [1.82, 2.24) is 19.7 Å². The van der Waals surface area contributed by atoms with Gasteiger partial charge in [0.25, 0.3) is 5.56 Å². The summed E-state index contributed by atoms with van der Waals surface area (Å²) < 4.78 is 1.62. The van der Waals surface area contributed by atoms with Crippen LogP contribution in [0, 0.1) is 0 Å². The molecule has 0 unspecified atom stereocenters. The molecule has 0 bridgehead atoms. The number of nitrogens with zero attached hydrogens (tertiary/aromatic N) is 5. The van der Waals surface area contributed by atoms with Crippen LogP contribution in [0.2, 0.25) is 5.02 Å². The molecule has 4 rings (SSSR count). The quantitative estimate of drug-likeness (QED) is 0.656. The highest BCUT2D eigenvalue weighted by atomic mass is 35.5. The number of hydrogen-bond donors (Lipinski definition) is 1. The maximum absolute atomic E-state index is 12.6. The van der Waals surface area contributed by atoms with E-state index < -0.39 is 0 Å². The van der Waals surface area contributed by atoms with Crippen LogP contribution in [0.5, 0.6) is 0 Å². The van der Waals surface area contributed by atoms with E-state index >= 15 is 0 Å². The van der Waals surface area contributed by atoms with Gasteiger partial charge >= 0.3 is 0 Å². The summed E-state index contributed by atoms with van der Waals surface area (Å²) in [5.74, 6) is 0.628. The molecule has 1 fully saturated rings. The van der Waals surface area contributed by atoms with Gasteiger partial charge in [-0.2, -0.15) is 5.10 Å². The molecule has 0 saturated heterocycles. The third-order valence-corrected chi connectivity index (χ3v) is 6.48. The Hall–Kier alpha value is -2.77. The minimum Gasteiger partial charge on any atom is -0.347 e. The smallest absolute Gasteiger partial charge is 0.267 e. The summed E-state index contributed by atoms with van der Waals surface area (Å²) in [4.78, 5) is 23.2. The van der Waals surface area contributed by atoms with E-state index in [0.29, 0.717) is 18.2 Å². The van der Waals surface area contributed by atoms with Crippen molar-refractivity contribution in [2.45, 2.75) is 37.1 Å². The number of nitrogens with two attached hydrogens (primary N) is 1. The van der Waals surface area contributed by atoms with E-state index in [9.17, 15) is 4.79 Å². The van der Waals surface area contributed by atoms with Crippen molar-refractivity contribution >= 4 is 17.5 Å². The summed E-state index contributed by atoms with van der Waals surface area (Å²) in [6.45, 7) is 0.554. The molecule has 0 atom stereocenters. The highest BCUT2D eigenvalue weighted by molar-refractivity contribution is 6.30. The standard InChI is InChI=1S/C23H27ClN6O/c1-29(2)22-26-13-16(14-27-22)20-6-7-21(31)30(28-20)19-8-10-23(15-25,11-9-19)17-4-3-5-18(24)12-17/h3-7,12-14,19H,8-11,15,25H2,1-2H3/t19-,23-. The average molecular weight is 439 g/mol. The van der Waals surface area contributed by atoms with Crippen LogP contribution in [-0.2, 0) is 5.41 Å². The lowest BCUT2D eigenvalue weighted by molar-refractivity contribution is 0.222. The van der Waals surface area contributed by atoms with Crippen molar-refractivity contribution in [3.8, 4) is 11.3 Å². The molecule has 3 aromatic rings. The normalized spacial score (nSPS) is 21.1. The summed E-state index contributed by atoms with van der Waals surface area (Å²) in [5.41, 5.74) is 8.66. The molecule has 0 spiro atoms. The van der Waals surface area contributed by atoms with Crippen LogP contribution in [0.1, 0.15) is 37.3 Å². The van der Waals surface area contributed by atoms with Crippen LogP contribution < -0.4 is 16.2 Å². The molecule has 1 aromatic carbocycles. The molecule has 2 aromatic heterocycles. The molecule has 8 heteroatoms. The first-order chi connectivity index (χ1) is 14.9. The number of halogens is 1. The lowest BCUT2D eigenvalue weighted by atomic mass is 9.68. The number of rotatable bonds is 5. The third-order valence-electron chi connectivity index (χ3n) is 6.24. The Morgan fingerprint density at radius 1 is 1.16 bits per heavy atom. The van der Waals surface area contributed by atoms with Crippen LogP contribution in [-0.4, -0.2) is 40.4 Å². The Balaban J connectivity index is 1.57. The Bertz CT molecular complexity index is 1100. The first-order valence-electron chi connectivity index (χ1n) is 10.5. The van der Waals surface area contributed by atoms with E-state index in [1.54, 1.807) is 29.2 Å². The van der Waals surface area contributed by atoms with Crippen molar-refractivity contribution in [1.29, 1.82) is 0 Å². The van der Waals surface area contributed by atoms with E-state index in [2.05, 4.69) is 21.1 Å². The number of benzene rings is 1. The predicted molar refractivity (Wildman–Crippen MR) is 124 cm³/mol. The maximum Gasteiger partial charge on any atom is 0.267 e. The van der Waals surface area contributed by atoms with Crippen LogP contribution >= 0.6 is 11.6 Å². The number of anilines is 1. The van der Waals surface area contributed by atoms with Crippen LogP contribution in [0.4, 0.5) is 5.95 Å². The molecular formula is C23H27ClN6O. The van der Waals surface area contributed by atoms with Crippen molar-refractivity contribution in [2.75, 3.05) is 25.5 Å². The van der Waals surface area contributed by atoms with Gasteiger partial charge in [-0.3, -0.25) is 4.79 Å². The number of hydrogen-bond acceptors (Lipinski definition) is 6. The van der Waals surface area contributed by atoms with Gasteiger partial charge in [0.05, 0.1) is 11.7 Å². The molecular weight excluding hydrogens is 412 g/mol. The summed E-state index contributed by atoms with van der Waals surface area (Å²) in [6, 6.07) is 11.3. The zero-order valence-corrected chi connectivity index (χ0v) is 18.6. The summed E-state index contributed by atoms with van der Waals surface area (Å²) in [7, 11) is 3.78. The SMILES string of the molecule is CN(C)c1ncc(-c2ccc(=O)n([C@H]3CC[C@](CN)(c4cccc(Cl)c4)CC3)n2)cn1. The summed E-state index contributed by atoms with van der Waals surface area (Å²) in [6.07, 6.45) is 6.89. The minimum atomic E-state index is -0.113. The first kappa shape index (κ1) is 21.5. The highest BCUT2D eigenvalue weighted by Crippen LogP contribution is 2.42. The lowest BCUT2D eigenvalue weighted by Gasteiger charge is -2.40. The van der Waals surface area contributed by atoms with Gasteiger partial charge in [-0.15, -0.1) is 0 Å². The zero-order chi connectivity index (χ0) is 22.0. The molecule has 0 amide bonds. The van der Waals surface area contributed by atoms with Crippen molar-refractivity contribution in [2.24, 2.45) is 5.73 Å². The largest absolute Gasteiger partial charge is 0.347 e. The molecule has 31 heavy (non-hydrogen) atoms. The van der Waals surface area contributed by atoms with Crippen molar-refractivity contribution < 1.29 is 0 Å². The van der Waals surface area contributed by atoms with E-state index in [1.807, 2.05) is 37.2 Å². The van der Waals surface area contributed by atoms with Gasteiger partial charge in [0.15, 0.2) is 0 Å². The molecule has 0 aliphatic heterocycles. The van der Waals surface area contributed by atoms with Gasteiger partial charge < -0.3 is 10.6 Å². The fourth-order valence-corrected chi connectivity index (χ4v) is 4.54. The second-order valence-electron chi connectivity index (χ2n) is 8.39. The monoisotopic (exact) mass is 438 g/mol. The summed E-state index contributed by atoms with van der Waals surface area (Å²) in [5, 5.41) is 5.38. The molecule has 1 saturated carbocycles. The second kappa shape index (κ2) is 8.77. The van der Waals surface area contributed by atoms with Crippen molar-refractivity contribution in [3.05, 3.63) is 69.7 Å². The Morgan fingerprint density at radius 2 is 1.87 bits per heavy atom. The van der Waals surface area contributed by atoms with Crippen LogP contribution in [0.25, 0.3) is 11.3 Å². The Kier molecular flexibility index (Phi) is 6.07. The number of aromatic nitrogens is 4. The van der Waals surface area contributed by atoms with E-state index in [1.165, 1.54) is 5.56 Å². The van der Waals surface area contributed by atoms with Gasteiger partial charge in [0.2, 0.25) is 5.95 Å². The minimum absolute atomic E-state index is 0.0354. The van der Waals surface area contributed by atoms with Gasteiger partial charge in [0, 0.05) is 55.1 Å². The summed E-state index contributed by atoms with van der Waals surface area (Å²) >= 11 is 6.22. The fourth-order valence-electron chi connectivity index (χ4n) is 4.35. The van der Waals surface area contributed by atoms with Gasteiger partial charge in [0.1, 0.15) is 0 Å². The fraction of sp³-hybridized carbons (Fsp3) is 0.391. The molecule has 0 radical (unpaired) electrons. The predicted octanol–water partition coefficient (Wildman–Crippen LogP) is 3.43. The first-order valence-corrected chi connectivity index (χ1v) is 10.9. The van der Waals surface area contributed by atoms with Crippen LogP contribution in [0.15, 0.2) is 53.6 Å². The van der Waals surface area contributed by atoms with E-state index in [4.69, 9.17) is 17.3 Å². The van der Waals surface area contributed by atoms with Crippen LogP contribution in [0.3, 0.4) is 0 Å². The van der Waals surface area contributed by atoms with Gasteiger partial charge in [-0.05, 0) is 49.4 Å². The van der Waals surface area contributed by atoms with Gasteiger partial charge in [-0.1, -0.05) is 23.7 Å². The highest BCUT2D eigenvalue weighted by Gasteiger charge is 2.37. The Labute approximate surface area is 186 Å². The van der Waals surface area contributed by atoms with Gasteiger partial charge in [-0.25, -0.2) is 14.6 Å². The topological polar surface area (TPSA) is 89.9 Å². The molecule has 2 N–H and O–H groups in total. The zero-order valence-electron chi connectivity index (χ0n) is 17.8. The second-order valence-corrected chi connectivity index (χ2v) is 8.83. The lowest BCUT2D eigenvalue weighted by Crippen LogP contribution is -2.41. The third kappa shape index (κ3) is 4.34. The van der Waals surface area contributed by atoms with E-state index in [0.717, 1.165) is 36.3 Å². The maximum atomic E-state index is 12.6. The average Bonchev–Trinajstić information content (AvgIpc) is 2.79.